The van der Waals surface area contributed by atoms with Gasteiger partial charge in [-0.3, -0.25) is 0 Å². The van der Waals surface area contributed by atoms with Gasteiger partial charge in [0.05, 0.1) is 25.0 Å². The Kier molecular flexibility index (Phi) is 3.94. The van der Waals surface area contributed by atoms with Gasteiger partial charge in [0.25, 0.3) is 0 Å². The van der Waals surface area contributed by atoms with E-state index in [4.69, 9.17) is 21.1 Å². The summed E-state index contributed by atoms with van der Waals surface area (Å²) in [7, 11) is 0. The van der Waals surface area contributed by atoms with Crippen LogP contribution in [0.1, 0.15) is 18.5 Å². The van der Waals surface area contributed by atoms with Crippen molar-refractivity contribution in [2.24, 2.45) is 0 Å². The molecule has 3 nitrogen and oxygen atoms in total. The average Bonchev–Trinajstić information content (AvgIpc) is 2.71. The summed E-state index contributed by atoms with van der Waals surface area (Å²) in [5.41, 5.74) is 0.862. The van der Waals surface area contributed by atoms with E-state index < -0.39 is 0 Å². The highest BCUT2D eigenvalue weighted by atomic mass is 35.5. The van der Waals surface area contributed by atoms with Crippen molar-refractivity contribution in [1.29, 1.82) is 0 Å². The summed E-state index contributed by atoms with van der Waals surface area (Å²) in [4.78, 5) is 4.14. The number of rotatable bonds is 4. The van der Waals surface area contributed by atoms with Crippen LogP contribution in [0.25, 0.3) is 0 Å². The summed E-state index contributed by atoms with van der Waals surface area (Å²) in [6.45, 7) is 2.01. The van der Waals surface area contributed by atoms with Crippen molar-refractivity contribution in [3.05, 3.63) is 29.0 Å². The zero-order valence-corrected chi connectivity index (χ0v) is 9.24. The molecule has 1 aliphatic heterocycles. The lowest BCUT2D eigenvalue weighted by molar-refractivity contribution is 0.00966. The molecule has 15 heavy (non-hydrogen) atoms. The number of halogens is 1. The molecule has 0 radical (unpaired) electrons. The van der Waals surface area contributed by atoms with Crippen molar-refractivity contribution in [1.82, 2.24) is 4.98 Å². The summed E-state index contributed by atoms with van der Waals surface area (Å²) in [6.07, 6.45) is 2.51. The van der Waals surface area contributed by atoms with E-state index in [1.807, 2.05) is 12.1 Å². The van der Waals surface area contributed by atoms with E-state index in [2.05, 4.69) is 4.98 Å². The van der Waals surface area contributed by atoms with Crippen molar-refractivity contribution < 1.29 is 9.47 Å². The number of aromatic nitrogens is 1. The van der Waals surface area contributed by atoms with Gasteiger partial charge in [-0.15, -0.1) is 0 Å². The van der Waals surface area contributed by atoms with Gasteiger partial charge in [0.1, 0.15) is 5.15 Å². The van der Waals surface area contributed by atoms with Gasteiger partial charge in [-0.2, -0.15) is 0 Å². The zero-order valence-electron chi connectivity index (χ0n) is 8.49. The largest absolute Gasteiger partial charge is 0.376 e. The summed E-state index contributed by atoms with van der Waals surface area (Å²) in [5, 5.41) is 0.508. The van der Waals surface area contributed by atoms with E-state index in [1.165, 1.54) is 0 Å². The Morgan fingerprint density at radius 2 is 2.47 bits per heavy atom. The topological polar surface area (TPSA) is 31.4 Å². The molecular formula is C11H14ClNO2. The van der Waals surface area contributed by atoms with Crippen LogP contribution in [-0.2, 0) is 16.1 Å². The maximum atomic E-state index is 5.76. The standard InChI is InChI=1S/C11H14ClNO2/c12-11-5-1-3-9(13-11)7-14-8-10-4-2-6-15-10/h1,3,5,10H,2,4,6-8H2. The van der Waals surface area contributed by atoms with Gasteiger partial charge in [0.15, 0.2) is 0 Å². The Hall–Kier alpha value is -0.640. The van der Waals surface area contributed by atoms with Gasteiger partial charge in [-0.25, -0.2) is 4.98 Å². The lowest BCUT2D eigenvalue weighted by Crippen LogP contribution is -2.14. The van der Waals surface area contributed by atoms with Crippen LogP contribution in [-0.4, -0.2) is 24.3 Å². The Balaban J connectivity index is 1.73. The highest BCUT2D eigenvalue weighted by molar-refractivity contribution is 6.29. The van der Waals surface area contributed by atoms with E-state index in [0.717, 1.165) is 25.1 Å². The summed E-state index contributed by atoms with van der Waals surface area (Å²) in [5.74, 6) is 0. The third-order valence-corrected chi connectivity index (χ3v) is 2.56. The van der Waals surface area contributed by atoms with Crippen LogP contribution >= 0.6 is 11.6 Å². The molecule has 1 aliphatic rings. The Bertz CT molecular complexity index is 313. The first kappa shape index (κ1) is 10.9. The lowest BCUT2D eigenvalue weighted by atomic mass is 10.2. The molecule has 82 valence electrons. The van der Waals surface area contributed by atoms with Crippen molar-refractivity contribution >= 4 is 11.6 Å². The third kappa shape index (κ3) is 3.45. The number of pyridine rings is 1. The lowest BCUT2D eigenvalue weighted by Gasteiger charge is -2.09. The molecule has 2 rings (SSSR count). The smallest absolute Gasteiger partial charge is 0.129 e. The second-order valence-corrected chi connectivity index (χ2v) is 3.99. The van der Waals surface area contributed by atoms with Crippen LogP contribution in [0.5, 0.6) is 0 Å². The van der Waals surface area contributed by atoms with Crippen molar-refractivity contribution in [2.45, 2.75) is 25.6 Å². The first-order valence-corrected chi connectivity index (χ1v) is 5.53. The summed E-state index contributed by atoms with van der Waals surface area (Å²) >= 11 is 5.76. The third-order valence-electron chi connectivity index (χ3n) is 2.35. The van der Waals surface area contributed by atoms with Gasteiger partial charge < -0.3 is 9.47 Å². The highest BCUT2D eigenvalue weighted by Crippen LogP contribution is 2.13. The van der Waals surface area contributed by atoms with Crippen molar-refractivity contribution in [3.63, 3.8) is 0 Å². The fourth-order valence-corrected chi connectivity index (χ4v) is 1.78. The van der Waals surface area contributed by atoms with Gasteiger partial charge >= 0.3 is 0 Å². The molecule has 1 atom stereocenters. The Morgan fingerprint density at radius 1 is 1.53 bits per heavy atom. The van der Waals surface area contributed by atoms with Crippen molar-refractivity contribution in [2.75, 3.05) is 13.2 Å². The molecule has 0 aromatic carbocycles. The first-order chi connectivity index (χ1) is 7.34. The van der Waals surface area contributed by atoms with Gasteiger partial charge in [0.2, 0.25) is 0 Å². The summed E-state index contributed by atoms with van der Waals surface area (Å²) in [6, 6.07) is 5.53. The van der Waals surface area contributed by atoms with Gasteiger partial charge in [-0.05, 0) is 25.0 Å². The fourth-order valence-electron chi connectivity index (χ4n) is 1.60. The van der Waals surface area contributed by atoms with Gasteiger partial charge in [0, 0.05) is 6.61 Å². The van der Waals surface area contributed by atoms with E-state index in [-0.39, 0.29) is 6.10 Å². The molecule has 1 unspecified atom stereocenters. The molecule has 0 amide bonds. The molecule has 4 heteroatoms. The zero-order chi connectivity index (χ0) is 10.5. The Morgan fingerprint density at radius 3 is 3.20 bits per heavy atom. The van der Waals surface area contributed by atoms with E-state index in [9.17, 15) is 0 Å². The SMILES string of the molecule is Clc1cccc(COCC2CCCO2)n1. The molecule has 2 heterocycles. The minimum atomic E-state index is 0.268. The molecule has 0 spiro atoms. The second kappa shape index (κ2) is 5.45. The van der Waals surface area contributed by atoms with Crippen LogP contribution in [0.4, 0.5) is 0 Å². The van der Waals surface area contributed by atoms with E-state index in [0.29, 0.717) is 18.4 Å². The molecule has 0 saturated carbocycles. The number of hydrogen-bond donors (Lipinski definition) is 0. The molecule has 0 aliphatic carbocycles. The predicted molar refractivity (Wildman–Crippen MR) is 57.9 cm³/mol. The summed E-state index contributed by atoms with van der Waals surface area (Å²) < 4.78 is 11.0. The van der Waals surface area contributed by atoms with Crippen LogP contribution in [0, 0.1) is 0 Å². The molecule has 1 saturated heterocycles. The van der Waals surface area contributed by atoms with E-state index >= 15 is 0 Å². The van der Waals surface area contributed by atoms with Crippen LogP contribution in [0.3, 0.4) is 0 Å². The number of hydrogen-bond acceptors (Lipinski definition) is 3. The van der Waals surface area contributed by atoms with Crippen LogP contribution in [0.2, 0.25) is 5.15 Å². The fraction of sp³-hybridized carbons (Fsp3) is 0.545. The molecule has 1 aromatic heterocycles. The maximum absolute atomic E-state index is 5.76. The van der Waals surface area contributed by atoms with Gasteiger partial charge in [-0.1, -0.05) is 17.7 Å². The number of nitrogens with zero attached hydrogens (tertiary/aromatic N) is 1. The minimum absolute atomic E-state index is 0.268. The molecule has 0 N–H and O–H groups in total. The monoisotopic (exact) mass is 227 g/mol. The highest BCUT2D eigenvalue weighted by Gasteiger charge is 2.15. The molecular weight excluding hydrogens is 214 g/mol. The predicted octanol–water partition coefficient (Wildman–Crippen LogP) is 2.43. The second-order valence-electron chi connectivity index (χ2n) is 3.60. The van der Waals surface area contributed by atoms with Crippen LogP contribution < -0.4 is 0 Å². The van der Waals surface area contributed by atoms with E-state index in [1.54, 1.807) is 6.07 Å². The normalized spacial score (nSPS) is 20.7. The molecule has 0 bridgehead atoms. The molecule has 1 aromatic rings. The minimum Gasteiger partial charge on any atom is -0.376 e. The number of ether oxygens (including phenoxy) is 2. The Labute approximate surface area is 94.4 Å². The van der Waals surface area contributed by atoms with Crippen LogP contribution in [0.15, 0.2) is 18.2 Å². The average molecular weight is 228 g/mol. The quantitative estimate of drug-likeness (QED) is 0.741. The molecule has 1 fully saturated rings. The first-order valence-electron chi connectivity index (χ1n) is 5.15. The van der Waals surface area contributed by atoms with Crippen molar-refractivity contribution in [3.8, 4) is 0 Å². The maximum Gasteiger partial charge on any atom is 0.129 e.